The van der Waals surface area contributed by atoms with Gasteiger partial charge in [0.25, 0.3) is 0 Å². The Balaban J connectivity index is 1.29. The molecular weight excluding hydrogens is 246 g/mol. The Bertz CT molecular complexity index is 476. The number of rotatable bonds is 3. The summed E-state index contributed by atoms with van der Waals surface area (Å²) in [5, 5.41) is 3.90. The van der Waals surface area contributed by atoms with Gasteiger partial charge in [-0.05, 0) is 49.7 Å². The predicted molar refractivity (Wildman–Crippen MR) is 81.7 cm³/mol. The van der Waals surface area contributed by atoms with Crippen LogP contribution in [0.1, 0.15) is 25.7 Å². The second kappa shape index (κ2) is 5.21. The van der Waals surface area contributed by atoms with Gasteiger partial charge in [0.05, 0.1) is 0 Å². The Morgan fingerprint density at radius 3 is 2.85 bits per heavy atom. The van der Waals surface area contributed by atoms with Crippen LogP contribution in [0, 0.1) is 11.8 Å². The van der Waals surface area contributed by atoms with Crippen molar-refractivity contribution in [2.75, 3.05) is 18.0 Å². The van der Waals surface area contributed by atoms with Crippen LogP contribution in [0.25, 0.3) is 0 Å². The molecule has 0 radical (unpaired) electrons. The average Bonchev–Trinajstić information content (AvgIpc) is 2.88. The monoisotopic (exact) mass is 269 g/mol. The second-order valence-corrected chi connectivity index (χ2v) is 6.46. The molecule has 2 fully saturated rings. The topological polar surface area (TPSA) is 28.2 Å². The van der Waals surface area contributed by atoms with Gasteiger partial charge in [0.1, 0.15) is 5.82 Å². The highest BCUT2D eigenvalue weighted by Crippen LogP contribution is 2.43. The van der Waals surface area contributed by atoms with Crippen LogP contribution in [-0.4, -0.2) is 30.2 Å². The fourth-order valence-electron chi connectivity index (χ4n) is 4.03. The van der Waals surface area contributed by atoms with E-state index in [0.717, 1.165) is 36.8 Å². The van der Waals surface area contributed by atoms with E-state index in [0.29, 0.717) is 6.04 Å². The summed E-state index contributed by atoms with van der Waals surface area (Å²) in [6, 6.07) is 7.64. The van der Waals surface area contributed by atoms with E-state index in [9.17, 15) is 0 Å². The Morgan fingerprint density at radius 2 is 2.10 bits per heavy atom. The molecule has 4 rings (SSSR count). The summed E-state index contributed by atoms with van der Waals surface area (Å²) in [6.45, 7) is 2.26. The molecule has 1 saturated carbocycles. The van der Waals surface area contributed by atoms with Crippen molar-refractivity contribution in [1.29, 1.82) is 0 Å². The minimum Gasteiger partial charge on any atom is -0.357 e. The molecule has 3 aliphatic rings. The van der Waals surface area contributed by atoms with Crippen molar-refractivity contribution in [3.8, 4) is 0 Å². The maximum absolute atomic E-state index is 4.46. The molecule has 0 spiro atoms. The van der Waals surface area contributed by atoms with Crippen LogP contribution in [0.2, 0.25) is 0 Å². The fraction of sp³-hybridized carbons (Fsp3) is 0.588. The maximum atomic E-state index is 4.46. The van der Waals surface area contributed by atoms with E-state index < -0.39 is 0 Å². The molecule has 3 nitrogen and oxygen atoms in total. The first kappa shape index (κ1) is 12.4. The smallest absolute Gasteiger partial charge is 0.128 e. The van der Waals surface area contributed by atoms with Gasteiger partial charge in [0.2, 0.25) is 0 Å². The quantitative estimate of drug-likeness (QED) is 0.855. The molecule has 1 N–H and O–H groups in total. The van der Waals surface area contributed by atoms with Crippen LogP contribution in [0.4, 0.5) is 5.82 Å². The normalized spacial score (nSPS) is 33.0. The summed E-state index contributed by atoms with van der Waals surface area (Å²) in [5.74, 6) is 2.93. The van der Waals surface area contributed by atoms with Crippen molar-refractivity contribution in [2.24, 2.45) is 11.8 Å². The first-order valence-corrected chi connectivity index (χ1v) is 7.99. The Labute approximate surface area is 121 Å². The van der Waals surface area contributed by atoms with Crippen LogP contribution in [0.15, 0.2) is 36.5 Å². The SMILES string of the molecule is C1=CC2C(C1)CC2NC1CCN(c2ccccn2)CC1. The summed E-state index contributed by atoms with van der Waals surface area (Å²) in [6.07, 6.45) is 11.9. The lowest BCUT2D eigenvalue weighted by atomic mass is 9.71. The second-order valence-electron chi connectivity index (χ2n) is 6.46. The van der Waals surface area contributed by atoms with Crippen molar-refractivity contribution in [3.05, 3.63) is 36.5 Å². The van der Waals surface area contributed by atoms with Crippen molar-refractivity contribution >= 4 is 5.82 Å². The van der Waals surface area contributed by atoms with Gasteiger partial charge in [-0.15, -0.1) is 0 Å². The third-order valence-corrected chi connectivity index (χ3v) is 5.28. The van der Waals surface area contributed by atoms with Gasteiger partial charge in [0.15, 0.2) is 0 Å². The van der Waals surface area contributed by atoms with E-state index in [1.165, 1.54) is 25.7 Å². The average molecular weight is 269 g/mol. The number of piperidine rings is 1. The third-order valence-electron chi connectivity index (χ3n) is 5.28. The number of fused-ring (bicyclic) bond motifs is 1. The van der Waals surface area contributed by atoms with Crippen molar-refractivity contribution in [1.82, 2.24) is 10.3 Å². The number of aromatic nitrogens is 1. The van der Waals surface area contributed by atoms with Crippen LogP contribution in [0.3, 0.4) is 0 Å². The summed E-state index contributed by atoms with van der Waals surface area (Å²) in [5.41, 5.74) is 0. The van der Waals surface area contributed by atoms with E-state index in [2.05, 4.69) is 39.5 Å². The van der Waals surface area contributed by atoms with Gasteiger partial charge >= 0.3 is 0 Å². The van der Waals surface area contributed by atoms with Gasteiger partial charge in [-0.2, -0.15) is 0 Å². The number of hydrogen-bond acceptors (Lipinski definition) is 3. The third kappa shape index (κ3) is 2.24. The highest BCUT2D eigenvalue weighted by Gasteiger charge is 2.41. The summed E-state index contributed by atoms with van der Waals surface area (Å²) < 4.78 is 0. The molecule has 1 aromatic rings. The van der Waals surface area contributed by atoms with E-state index >= 15 is 0 Å². The van der Waals surface area contributed by atoms with Crippen molar-refractivity contribution in [3.63, 3.8) is 0 Å². The Hall–Kier alpha value is -1.35. The highest BCUT2D eigenvalue weighted by molar-refractivity contribution is 5.38. The molecule has 0 amide bonds. The highest BCUT2D eigenvalue weighted by atomic mass is 15.2. The summed E-state index contributed by atoms with van der Waals surface area (Å²) in [7, 11) is 0. The molecule has 0 bridgehead atoms. The number of pyridine rings is 1. The standard InChI is InChI=1S/C17H23N3/c1-2-9-18-17(6-1)20-10-7-14(8-11-20)19-16-12-13-4-3-5-15(13)16/h1-3,5-6,9,13-16,19H,4,7-8,10-12H2. The predicted octanol–water partition coefficient (Wildman–Crippen LogP) is 2.60. The lowest BCUT2D eigenvalue weighted by Crippen LogP contribution is -2.54. The summed E-state index contributed by atoms with van der Waals surface area (Å²) >= 11 is 0. The van der Waals surface area contributed by atoms with Gasteiger partial charge in [-0.3, -0.25) is 0 Å². The molecule has 106 valence electrons. The minimum atomic E-state index is 0.704. The zero-order valence-corrected chi connectivity index (χ0v) is 11.9. The lowest BCUT2D eigenvalue weighted by molar-refractivity contribution is 0.144. The zero-order chi connectivity index (χ0) is 13.4. The largest absolute Gasteiger partial charge is 0.357 e. The van der Waals surface area contributed by atoms with E-state index in [1.54, 1.807) is 0 Å². The Morgan fingerprint density at radius 1 is 1.20 bits per heavy atom. The number of nitrogens with zero attached hydrogens (tertiary/aromatic N) is 2. The van der Waals surface area contributed by atoms with E-state index in [1.807, 2.05) is 12.3 Å². The molecule has 2 heterocycles. The first-order chi connectivity index (χ1) is 9.90. The van der Waals surface area contributed by atoms with Crippen LogP contribution in [-0.2, 0) is 0 Å². The van der Waals surface area contributed by atoms with Gasteiger partial charge in [0, 0.05) is 31.4 Å². The summed E-state index contributed by atoms with van der Waals surface area (Å²) in [4.78, 5) is 6.87. The molecule has 1 saturated heterocycles. The fourth-order valence-corrected chi connectivity index (χ4v) is 4.03. The van der Waals surface area contributed by atoms with Crippen molar-refractivity contribution < 1.29 is 0 Å². The van der Waals surface area contributed by atoms with Gasteiger partial charge in [-0.1, -0.05) is 18.2 Å². The number of hydrogen-bond donors (Lipinski definition) is 1. The van der Waals surface area contributed by atoms with Gasteiger partial charge < -0.3 is 10.2 Å². The lowest BCUT2D eigenvalue weighted by Gasteiger charge is -2.44. The van der Waals surface area contributed by atoms with Crippen LogP contribution in [0.5, 0.6) is 0 Å². The molecule has 2 aliphatic carbocycles. The molecule has 3 heteroatoms. The van der Waals surface area contributed by atoms with E-state index in [-0.39, 0.29) is 0 Å². The molecule has 1 aliphatic heterocycles. The first-order valence-electron chi connectivity index (χ1n) is 7.99. The molecule has 20 heavy (non-hydrogen) atoms. The molecule has 3 atom stereocenters. The van der Waals surface area contributed by atoms with Crippen molar-refractivity contribution in [2.45, 2.75) is 37.8 Å². The Kier molecular flexibility index (Phi) is 3.23. The van der Waals surface area contributed by atoms with Crippen LogP contribution < -0.4 is 10.2 Å². The number of allylic oxidation sites excluding steroid dienone is 1. The number of anilines is 1. The molecular formula is C17H23N3. The van der Waals surface area contributed by atoms with Crippen LogP contribution >= 0.6 is 0 Å². The number of nitrogens with one attached hydrogen (secondary N) is 1. The van der Waals surface area contributed by atoms with Gasteiger partial charge in [-0.25, -0.2) is 4.98 Å². The molecule has 1 aromatic heterocycles. The zero-order valence-electron chi connectivity index (χ0n) is 11.9. The minimum absolute atomic E-state index is 0.704. The molecule has 0 aromatic carbocycles. The molecule has 3 unspecified atom stereocenters. The maximum Gasteiger partial charge on any atom is 0.128 e. The van der Waals surface area contributed by atoms with E-state index in [4.69, 9.17) is 0 Å².